The Morgan fingerprint density at radius 3 is 2.73 bits per heavy atom. The number of hydrogen-bond acceptors (Lipinski definition) is 5. The highest BCUT2D eigenvalue weighted by molar-refractivity contribution is 6.32. The van der Waals surface area contributed by atoms with Crippen LogP contribution in [-0.4, -0.2) is 29.9 Å². The molecule has 0 aliphatic rings. The average Bonchev–Trinajstić information content (AvgIpc) is 1.87. The van der Waals surface area contributed by atoms with Crippen molar-refractivity contribution in [1.29, 1.82) is 0 Å². The van der Waals surface area contributed by atoms with Crippen LogP contribution < -0.4 is 0 Å². The van der Waals surface area contributed by atoms with Gasteiger partial charge in [0.15, 0.2) is 0 Å². The monoisotopic (exact) mass is 160 g/mol. The van der Waals surface area contributed by atoms with Gasteiger partial charge in [-0.2, -0.15) is 0 Å². The van der Waals surface area contributed by atoms with Gasteiger partial charge in [0.2, 0.25) is 0 Å². The average molecular weight is 160 g/mol. The van der Waals surface area contributed by atoms with Gasteiger partial charge in [0.25, 0.3) is 0 Å². The molecule has 0 saturated heterocycles. The molecule has 0 unspecified atom stereocenters. The van der Waals surface area contributed by atoms with Crippen molar-refractivity contribution in [3.8, 4) is 0 Å². The van der Waals surface area contributed by atoms with E-state index >= 15 is 0 Å². The molecule has 0 atom stereocenters. The second-order valence-electron chi connectivity index (χ2n) is 1.52. The number of carbonyl (C=O) groups is 1. The van der Waals surface area contributed by atoms with Crippen molar-refractivity contribution in [2.24, 2.45) is 0 Å². The van der Waals surface area contributed by atoms with Crippen LogP contribution in [0.15, 0.2) is 12.3 Å². The molecule has 0 rings (SSSR count). The first-order valence-electron chi connectivity index (χ1n) is 3.01. The summed E-state index contributed by atoms with van der Waals surface area (Å²) in [6, 6.07) is 0. The number of esters is 1. The molecule has 5 nitrogen and oxygen atoms in total. The van der Waals surface area contributed by atoms with Gasteiger partial charge in [0.05, 0.1) is 18.9 Å². The lowest BCUT2D eigenvalue weighted by atomic mass is 10.3. The second kappa shape index (κ2) is 5.76. The molecule has 0 saturated carbocycles. The summed E-state index contributed by atoms with van der Waals surface area (Å²) in [6.45, 7) is 1.93. The smallest absolute Gasteiger partial charge is 0.518 e. The Morgan fingerprint density at radius 2 is 2.27 bits per heavy atom. The normalized spacial score (nSPS) is 9.73. The van der Waals surface area contributed by atoms with Gasteiger partial charge in [-0.15, -0.1) is 0 Å². The first-order chi connectivity index (χ1) is 5.16. The molecule has 0 amide bonds. The Hall–Kier alpha value is -1.01. The van der Waals surface area contributed by atoms with E-state index in [0.717, 1.165) is 12.3 Å². The molecule has 0 aromatic carbocycles. The molecule has 0 aliphatic heterocycles. The maximum absolute atomic E-state index is 10.5. The van der Waals surface area contributed by atoms with Crippen molar-refractivity contribution in [1.82, 2.24) is 0 Å². The zero-order valence-corrected chi connectivity index (χ0v) is 6.06. The molecule has 0 radical (unpaired) electrons. The lowest BCUT2D eigenvalue weighted by Crippen LogP contribution is -2.13. The van der Waals surface area contributed by atoms with E-state index < -0.39 is 13.3 Å². The fraction of sp³-hybridized carbons (Fsp3) is 0.400. The largest absolute Gasteiger partial charge is 0.707 e. The number of carbonyl (C=O) groups excluding carboxylic acids is 1. The summed E-state index contributed by atoms with van der Waals surface area (Å²) in [4.78, 5) is 10.5. The van der Waals surface area contributed by atoms with Crippen molar-refractivity contribution in [2.75, 3.05) is 6.61 Å². The number of ether oxygens (including phenoxy) is 1. The van der Waals surface area contributed by atoms with Crippen LogP contribution in [0, 0.1) is 0 Å². The predicted molar refractivity (Wildman–Crippen MR) is 37.0 cm³/mol. The fourth-order valence-corrected chi connectivity index (χ4v) is 0.355. The Balaban J connectivity index is 3.48. The minimum atomic E-state index is -1.90. The maximum atomic E-state index is 10.5. The molecule has 2 N–H and O–H groups in total. The van der Waals surface area contributed by atoms with Crippen LogP contribution in [0.1, 0.15) is 6.92 Å². The van der Waals surface area contributed by atoms with Crippen LogP contribution in [0.3, 0.4) is 0 Å². The zero-order chi connectivity index (χ0) is 8.69. The quantitative estimate of drug-likeness (QED) is 0.240. The standard InChI is InChI=1S/C5H9BO5/c1-2-10-5(7)3-4-11-6(8)9/h3-4,8-9H,2H2,1H3/b4-3+. The molecule has 0 bridgehead atoms. The second-order valence-corrected chi connectivity index (χ2v) is 1.52. The number of rotatable bonds is 4. The Bertz CT molecular complexity index is 144. The van der Waals surface area contributed by atoms with E-state index in [2.05, 4.69) is 9.39 Å². The van der Waals surface area contributed by atoms with Gasteiger partial charge in [-0.25, -0.2) is 4.79 Å². The molecular weight excluding hydrogens is 151 g/mol. The van der Waals surface area contributed by atoms with Crippen molar-refractivity contribution in [2.45, 2.75) is 6.92 Å². The van der Waals surface area contributed by atoms with Gasteiger partial charge in [-0.1, -0.05) is 0 Å². The lowest BCUT2D eigenvalue weighted by Gasteiger charge is -1.96. The zero-order valence-electron chi connectivity index (χ0n) is 6.06. The Morgan fingerprint density at radius 1 is 1.64 bits per heavy atom. The Labute approximate surface area is 64.4 Å². The first kappa shape index (κ1) is 9.99. The van der Waals surface area contributed by atoms with Gasteiger partial charge in [-0.05, 0) is 6.92 Å². The van der Waals surface area contributed by atoms with E-state index in [-0.39, 0.29) is 6.61 Å². The van der Waals surface area contributed by atoms with Crippen LogP contribution >= 0.6 is 0 Å². The van der Waals surface area contributed by atoms with E-state index in [1.165, 1.54) is 0 Å². The maximum Gasteiger partial charge on any atom is 0.707 e. The number of hydrogen-bond donors (Lipinski definition) is 2. The summed E-state index contributed by atoms with van der Waals surface area (Å²) >= 11 is 0. The minimum Gasteiger partial charge on any atom is -0.518 e. The highest BCUT2D eigenvalue weighted by Crippen LogP contribution is 1.83. The molecule has 0 aromatic heterocycles. The van der Waals surface area contributed by atoms with E-state index in [4.69, 9.17) is 10.0 Å². The van der Waals surface area contributed by atoms with Crippen molar-refractivity contribution in [3.63, 3.8) is 0 Å². The third kappa shape index (κ3) is 6.89. The highest BCUT2D eigenvalue weighted by atomic mass is 16.6. The molecule has 0 aliphatic carbocycles. The molecule has 0 fully saturated rings. The SMILES string of the molecule is CCOC(=O)/C=C/OB(O)O. The van der Waals surface area contributed by atoms with E-state index in [9.17, 15) is 4.79 Å². The molecule has 62 valence electrons. The van der Waals surface area contributed by atoms with Crippen LogP contribution in [0.2, 0.25) is 0 Å². The lowest BCUT2D eigenvalue weighted by molar-refractivity contribution is -0.137. The van der Waals surface area contributed by atoms with E-state index in [1.54, 1.807) is 6.92 Å². The molecule has 0 heterocycles. The van der Waals surface area contributed by atoms with Crippen molar-refractivity contribution < 1.29 is 24.2 Å². The molecule has 0 spiro atoms. The van der Waals surface area contributed by atoms with Crippen LogP contribution in [0.5, 0.6) is 0 Å². The van der Waals surface area contributed by atoms with Gasteiger partial charge in [0.1, 0.15) is 0 Å². The third-order valence-electron chi connectivity index (χ3n) is 0.691. The fourth-order valence-electron chi connectivity index (χ4n) is 0.355. The molecule has 0 aromatic rings. The molecule has 11 heavy (non-hydrogen) atoms. The summed E-state index contributed by atoms with van der Waals surface area (Å²) in [7, 11) is -1.90. The van der Waals surface area contributed by atoms with Gasteiger partial charge in [0, 0.05) is 0 Å². The van der Waals surface area contributed by atoms with Crippen LogP contribution in [0.25, 0.3) is 0 Å². The topological polar surface area (TPSA) is 76.0 Å². The van der Waals surface area contributed by atoms with E-state index in [0.29, 0.717) is 0 Å². The summed E-state index contributed by atoms with van der Waals surface area (Å²) < 4.78 is 8.54. The predicted octanol–water partition coefficient (Wildman–Crippen LogP) is -0.951. The molecular formula is C5H9BO5. The summed E-state index contributed by atoms with van der Waals surface area (Å²) in [5.41, 5.74) is 0. The third-order valence-corrected chi connectivity index (χ3v) is 0.691. The summed E-state index contributed by atoms with van der Waals surface area (Å²) in [6.07, 6.45) is 1.80. The summed E-state index contributed by atoms with van der Waals surface area (Å²) in [5, 5.41) is 16.3. The van der Waals surface area contributed by atoms with Crippen molar-refractivity contribution in [3.05, 3.63) is 12.3 Å². The van der Waals surface area contributed by atoms with Gasteiger partial charge < -0.3 is 19.4 Å². The van der Waals surface area contributed by atoms with Crippen LogP contribution in [0.4, 0.5) is 0 Å². The van der Waals surface area contributed by atoms with Crippen LogP contribution in [-0.2, 0) is 14.2 Å². The van der Waals surface area contributed by atoms with Crippen molar-refractivity contribution >= 4 is 13.3 Å². The molecule has 6 heteroatoms. The van der Waals surface area contributed by atoms with Gasteiger partial charge >= 0.3 is 13.3 Å². The minimum absolute atomic E-state index is 0.269. The summed E-state index contributed by atoms with van der Waals surface area (Å²) in [5.74, 6) is -0.590. The van der Waals surface area contributed by atoms with Gasteiger partial charge in [-0.3, -0.25) is 0 Å². The first-order valence-corrected chi connectivity index (χ1v) is 3.01. The highest BCUT2D eigenvalue weighted by Gasteiger charge is 2.06. The van der Waals surface area contributed by atoms with E-state index in [1.807, 2.05) is 0 Å². The Kier molecular flexibility index (Phi) is 5.23.